The number of aryl methyl sites for hydroxylation is 1. The van der Waals surface area contributed by atoms with Crippen LogP contribution in [0.3, 0.4) is 0 Å². The number of nitriles is 1. The summed E-state index contributed by atoms with van der Waals surface area (Å²) in [7, 11) is 0. The van der Waals surface area contributed by atoms with E-state index < -0.39 is 0 Å². The highest BCUT2D eigenvalue weighted by molar-refractivity contribution is 5.86. The summed E-state index contributed by atoms with van der Waals surface area (Å²) in [6, 6.07) is 8.19. The van der Waals surface area contributed by atoms with E-state index in [4.69, 9.17) is 5.26 Å². The van der Waals surface area contributed by atoms with Crippen molar-refractivity contribution in [1.29, 1.82) is 5.26 Å². The molecule has 108 valence electrons. The van der Waals surface area contributed by atoms with Crippen molar-refractivity contribution >= 4 is 16.7 Å². The second-order valence-electron chi connectivity index (χ2n) is 5.93. The molecule has 3 rings (SSSR count). The van der Waals surface area contributed by atoms with Crippen LogP contribution in [0.4, 0.5) is 0 Å². The third-order valence-electron chi connectivity index (χ3n) is 4.49. The molecule has 2 aromatic rings. The zero-order valence-corrected chi connectivity index (χ0v) is 12.4. The largest absolute Gasteiger partial charge is 0.347 e. The Morgan fingerprint density at radius 2 is 2.10 bits per heavy atom. The summed E-state index contributed by atoms with van der Waals surface area (Å²) in [6.07, 6.45) is 6.62. The van der Waals surface area contributed by atoms with Gasteiger partial charge in [-0.05, 0) is 48.9 Å². The summed E-state index contributed by atoms with van der Waals surface area (Å²) in [5, 5.41) is 10.3. The maximum Gasteiger partial charge on any atom is 0.132 e. The van der Waals surface area contributed by atoms with Crippen LogP contribution >= 0.6 is 0 Å². The zero-order chi connectivity index (χ0) is 14.8. The molecule has 1 aliphatic rings. The minimum atomic E-state index is 0.390. The van der Waals surface area contributed by atoms with E-state index in [1.54, 1.807) is 0 Å². The van der Waals surface area contributed by atoms with Crippen molar-refractivity contribution in [2.45, 2.75) is 51.5 Å². The molecular weight excluding hydrogens is 260 g/mol. The first kappa shape index (κ1) is 13.9. The van der Waals surface area contributed by atoms with Gasteiger partial charge in [0.2, 0.25) is 0 Å². The average molecular weight is 280 g/mol. The number of Topliss-reactive ketones (excluding diaryl/α,β-unsaturated/α-hetero) is 1. The minimum absolute atomic E-state index is 0.390. The molecule has 0 aliphatic heterocycles. The quantitative estimate of drug-likeness (QED) is 0.847. The maximum absolute atomic E-state index is 11.5. The molecule has 1 aromatic carbocycles. The highest BCUT2D eigenvalue weighted by atomic mass is 16.1. The molecule has 1 heterocycles. The lowest BCUT2D eigenvalue weighted by Gasteiger charge is -2.20. The minimum Gasteiger partial charge on any atom is -0.347 e. The fourth-order valence-electron chi connectivity index (χ4n) is 3.40. The molecule has 3 nitrogen and oxygen atoms in total. The number of aromatic nitrogens is 1. The van der Waals surface area contributed by atoms with Gasteiger partial charge >= 0.3 is 0 Å². The van der Waals surface area contributed by atoms with Crippen LogP contribution in [0.25, 0.3) is 10.9 Å². The number of nitrogens with zero attached hydrogens (tertiary/aromatic N) is 2. The van der Waals surface area contributed by atoms with Gasteiger partial charge in [-0.1, -0.05) is 6.92 Å². The molecule has 0 unspecified atom stereocenters. The maximum atomic E-state index is 11.5. The molecule has 0 bridgehead atoms. The SMILES string of the molecule is CCCn1cc(C2CCC(=O)CC2)c2cc(C#N)ccc21. The standard InChI is InChI=1S/C18H20N2O/c1-2-9-20-12-17(14-4-6-15(21)7-5-14)16-10-13(11-19)3-8-18(16)20/h3,8,10,12,14H,2,4-7,9H2,1H3. The number of carbonyl (C=O) groups excluding carboxylic acids is 1. The lowest BCUT2D eigenvalue weighted by Crippen LogP contribution is -2.12. The second kappa shape index (κ2) is 5.73. The van der Waals surface area contributed by atoms with Gasteiger partial charge in [0.05, 0.1) is 11.6 Å². The van der Waals surface area contributed by atoms with E-state index in [1.165, 1.54) is 16.5 Å². The molecule has 1 aliphatic carbocycles. The van der Waals surface area contributed by atoms with Gasteiger partial charge in [-0.3, -0.25) is 4.79 Å². The van der Waals surface area contributed by atoms with E-state index in [-0.39, 0.29) is 0 Å². The van der Waals surface area contributed by atoms with Crippen molar-refractivity contribution in [2.75, 3.05) is 0 Å². The Bertz CT molecular complexity index is 711. The predicted octanol–water partition coefficient (Wildman–Crippen LogP) is 4.15. The molecule has 0 spiro atoms. The lowest BCUT2D eigenvalue weighted by atomic mass is 9.83. The Hall–Kier alpha value is -2.08. The molecule has 1 saturated carbocycles. The van der Waals surface area contributed by atoms with E-state index in [2.05, 4.69) is 29.8 Å². The summed E-state index contributed by atoms with van der Waals surface area (Å²) >= 11 is 0. The van der Waals surface area contributed by atoms with Crippen molar-refractivity contribution in [2.24, 2.45) is 0 Å². The van der Waals surface area contributed by atoms with Crippen LogP contribution < -0.4 is 0 Å². The van der Waals surface area contributed by atoms with Crippen LogP contribution in [-0.2, 0) is 11.3 Å². The predicted molar refractivity (Wildman–Crippen MR) is 83.2 cm³/mol. The normalized spacial score (nSPS) is 16.3. The van der Waals surface area contributed by atoms with Gasteiger partial charge in [0.1, 0.15) is 5.78 Å². The Labute approximate surface area is 125 Å². The number of hydrogen-bond acceptors (Lipinski definition) is 2. The molecule has 0 amide bonds. The van der Waals surface area contributed by atoms with E-state index >= 15 is 0 Å². The smallest absolute Gasteiger partial charge is 0.132 e. The van der Waals surface area contributed by atoms with Gasteiger partial charge < -0.3 is 4.57 Å². The number of rotatable bonds is 3. The van der Waals surface area contributed by atoms with Gasteiger partial charge in [0.15, 0.2) is 0 Å². The highest BCUT2D eigenvalue weighted by Gasteiger charge is 2.23. The highest BCUT2D eigenvalue weighted by Crippen LogP contribution is 2.36. The molecule has 1 aromatic heterocycles. The Morgan fingerprint density at radius 3 is 2.76 bits per heavy atom. The van der Waals surface area contributed by atoms with Crippen molar-refractivity contribution in [1.82, 2.24) is 4.57 Å². The van der Waals surface area contributed by atoms with E-state index in [0.717, 1.165) is 25.8 Å². The monoisotopic (exact) mass is 280 g/mol. The Kier molecular flexibility index (Phi) is 3.79. The van der Waals surface area contributed by atoms with E-state index in [0.29, 0.717) is 30.1 Å². The molecule has 1 fully saturated rings. The number of fused-ring (bicyclic) bond motifs is 1. The summed E-state index contributed by atoms with van der Waals surface area (Å²) in [5.41, 5.74) is 3.25. The van der Waals surface area contributed by atoms with Crippen LogP contribution in [0.2, 0.25) is 0 Å². The number of benzene rings is 1. The second-order valence-corrected chi connectivity index (χ2v) is 5.93. The first-order valence-electron chi connectivity index (χ1n) is 7.77. The Morgan fingerprint density at radius 1 is 1.33 bits per heavy atom. The summed E-state index contributed by atoms with van der Waals surface area (Å²) in [6.45, 7) is 3.17. The fourth-order valence-corrected chi connectivity index (χ4v) is 3.40. The van der Waals surface area contributed by atoms with Gasteiger partial charge in [-0.25, -0.2) is 0 Å². The molecule has 21 heavy (non-hydrogen) atoms. The van der Waals surface area contributed by atoms with Crippen molar-refractivity contribution in [3.05, 3.63) is 35.5 Å². The van der Waals surface area contributed by atoms with Crippen molar-refractivity contribution in [3.8, 4) is 6.07 Å². The van der Waals surface area contributed by atoms with Crippen LogP contribution in [0.15, 0.2) is 24.4 Å². The molecular formula is C18H20N2O. The van der Waals surface area contributed by atoms with Crippen LogP contribution in [0, 0.1) is 11.3 Å². The van der Waals surface area contributed by atoms with Crippen LogP contribution in [0.1, 0.15) is 56.1 Å². The third kappa shape index (κ3) is 2.58. The summed E-state index contributed by atoms with van der Waals surface area (Å²) in [5.74, 6) is 0.846. The van der Waals surface area contributed by atoms with E-state index in [1.807, 2.05) is 12.1 Å². The number of hydrogen-bond donors (Lipinski definition) is 0. The molecule has 0 saturated heterocycles. The first-order chi connectivity index (χ1) is 10.2. The molecule has 3 heteroatoms. The van der Waals surface area contributed by atoms with E-state index in [9.17, 15) is 4.79 Å². The fraction of sp³-hybridized carbons (Fsp3) is 0.444. The topological polar surface area (TPSA) is 45.8 Å². The lowest BCUT2D eigenvalue weighted by molar-refractivity contribution is -0.120. The summed E-state index contributed by atoms with van der Waals surface area (Å²) < 4.78 is 2.29. The third-order valence-corrected chi connectivity index (χ3v) is 4.49. The molecule has 0 atom stereocenters. The Balaban J connectivity index is 2.07. The average Bonchev–Trinajstić information content (AvgIpc) is 2.86. The van der Waals surface area contributed by atoms with Crippen LogP contribution in [0.5, 0.6) is 0 Å². The molecule has 0 N–H and O–H groups in total. The zero-order valence-electron chi connectivity index (χ0n) is 12.4. The van der Waals surface area contributed by atoms with Gasteiger partial charge in [-0.15, -0.1) is 0 Å². The van der Waals surface area contributed by atoms with Crippen molar-refractivity contribution < 1.29 is 4.79 Å². The van der Waals surface area contributed by atoms with Gasteiger partial charge in [0.25, 0.3) is 0 Å². The van der Waals surface area contributed by atoms with Crippen molar-refractivity contribution in [3.63, 3.8) is 0 Å². The first-order valence-corrected chi connectivity index (χ1v) is 7.77. The van der Waals surface area contributed by atoms with Gasteiger partial charge in [0, 0.05) is 36.5 Å². The summed E-state index contributed by atoms with van der Waals surface area (Å²) in [4.78, 5) is 11.5. The van der Waals surface area contributed by atoms with Crippen LogP contribution in [-0.4, -0.2) is 10.4 Å². The number of ketones is 1. The number of carbonyl (C=O) groups is 1. The molecule has 0 radical (unpaired) electrons. The van der Waals surface area contributed by atoms with Gasteiger partial charge in [-0.2, -0.15) is 5.26 Å².